The zero-order chi connectivity index (χ0) is 25.4. The Morgan fingerprint density at radius 3 is 1.83 bits per heavy atom. The molecule has 3 aromatic carbocycles. The molecule has 6 nitrogen and oxygen atoms in total. The van der Waals surface area contributed by atoms with Crippen LogP contribution in [0, 0.1) is 0 Å². The van der Waals surface area contributed by atoms with Crippen LogP contribution in [0.25, 0.3) is 0 Å². The largest absolute Gasteiger partial charge is 0.495 e. The summed E-state index contributed by atoms with van der Waals surface area (Å²) in [5.74, 6) is 0.862. The highest BCUT2D eigenvalue weighted by Gasteiger charge is 2.07. The quantitative estimate of drug-likeness (QED) is 0.267. The third-order valence-corrected chi connectivity index (χ3v) is 5.96. The van der Waals surface area contributed by atoms with Gasteiger partial charge in [-0.2, -0.15) is 0 Å². The van der Waals surface area contributed by atoms with Crippen LogP contribution in [0.5, 0.6) is 5.75 Å². The summed E-state index contributed by atoms with van der Waals surface area (Å²) in [5.41, 5.74) is 4.47. The second kappa shape index (κ2) is 15.2. The summed E-state index contributed by atoms with van der Waals surface area (Å²) < 4.78 is 5.48. The number of carbonyl (C=O) groups is 2. The van der Waals surface area contributed by atoms with Gasteiger partial charge in [0, 0.05) is 32.5 Å². The van der Waals surface area contributed by atoms with Crippen LogP contribution in [0.3, 0.4) is 0 Å². The Bertz CT molecular complexity index is 1070. The number of hydrogen-bond acceptors (Lipinski definition) is 4. The van der Waals surface area contributed by atoms with Crippen molar-refractivity contribution in [2.24, 2.45) is 0 Å². The van der Waals surface area contributed by atoms with E-state index in [2.05, 4.69) is 46.3 Å². The fourth-order valence-electron chi connectivity index (χ4n) is 3.93. The number of anilines is 1. The molecule has 0 saturated carbocycles. The van der Waals surface area contributed by atoms with E-state index < -0.39 is 0 Å². The molecule has 0 fully saturated rings. The molecule has 3 rings (SSSR count). The van der Waals surface area contributed by atoms with Gasteiger partial charge < -0.3 is 20.7 Å². The van der Waals surface area contributed by atoms with E-state index in [1.54, 1.807) is 7.11 Å². The van der Waals surface area contributed by atoms with Gasteiger partial charge in [0.2, 0.25) is 11.8 Å². The van der Waals surface area contributed by atoms with Crippen molar-refractivity contribution in [3.63, 3.8) is 0 Å². The van der Waals surface area contributed by atoms with Crippen molar-refractivity contribution in [3.8, 4) is 5.75 Å². The number of ether oxygens (including phenoxy) is 1. The van der Waals surface area contributed by atoms with E-state index in [-0.39, 0.29) is 11.8 Å². The first-order valence-electron chi connectivity index (χ1n) is 12.7. The summed E-state index contributed by atoms with van der Waals surface area (Å²) in [6.07, 6.45) is 3.86. The lowest BCUT2D eigenvalue weighted by molar-refractivity contribution is -0.123. The molecule has 0 aliphatic rings. The Morgan fingerprint density at radius 1 is 0.694 bits per heavy atom. The van der Waals surface area contributed by atoms with Gasteiger partial charge >= 0.3 is 0 Å². The number of amides is 2. The first-order valence-corrected chi connectivity index (χ1v) is 12.7. The van der Waals surface area contributed by atoms with Gasteiger partial charge in [0.15, 0.2) is 0 Å². The predicted molar refractivity (Wildman–Crippen MR) is 145 cm³/mol. The summed E-state index contributed by atoms with van der Waals surface area (Å²) in [4.78, 5) is 24.2. The van der Waals surface area contributed by atoms with Gasteiger partial charge in [-0.15, -0.1) is 0 Å². The Balaban J connectivity index is 1.29. The Labute approximate surface area is 214 Å². The number of rotatable bonds is 15. The lowest BCUT2D eigenvalue weighted by atomic mass is 10.1. The fourth-order valence-corrected chi connectivity index (χ4v) is 3.93. The predicted octanol–water partition coefficient (Wildman–Crippen LogP) is 4.89. The molecule has 0 spiro atoms. The summed E-state index contributed by atoms with van der Waals surface area (Å²) in [6.45, 7) is 1.92. The van der Waals surface area contributed by atoms with Crippen molar-refractivity contribution in [2.75, 3.05) is 25.5 Å². The molecule has 36 heavy (non-hydrogen) atoms. The van der Waals surface area contributed by atoms with Crippen LogP contribution in [-0.4, -0.2) is 32.0 Å². The number of carbonyl (C=O) groups excluding carboxylic acids is 2. The fraction of sp³-hybridized carbons (Fsp3) is 0.333. The van der Waals surface area contributed by atoms with Crippen molar-refractivity contribution < 1.29 is 14.3 Å². The standard InChI is InChI=1S/C30H37N3O3/c1-36-28-17-16-25(22-27(28)33-23-26-12-6-3-7-13-26)19-21-32-30(35)15-9-8-14-29(34)31-20-18-24-10-4-2-5-11-24/h2-7,10-13,16-17,22,33H,8-9,14-15,18-21,23H2,1H3,(H,31,34)(H,32,35). The average molecular weight is 488 g/mol. The molecule has 0 aliphatic heterocycles. The SMILES string of the molecule is COc1ccc(CCNC(=O)CCCCC(=O)NCCc2ccccc2)cc1NCc1ccccc1. The van der Waals surface area contributed by atoms with Crippen LogP contribution in [0.15, 0.2) is 78.9 Å². The lowest BCUT2D eigenvalue weighted by Gasteiger charge is -2.13. The van der Waals surface area contributed by atoms with Crippen molar-refractivity contribution in [1.29, 1.82) is 0 Å². The first kappa shape index (κ1) is 26.8. The summed E-state index contributed by atoms with van der Waals surface area (Å²) in [7, 11) is 1.66. The van der Waals surface area contributed by atoms with Crippen LogP contribution in [0.2, 0.25) is 0 Å². The summed E-state index contributed by atoms with van der Waals surface area (Å²) in [6, 6.07) is 26.4. The Morgan fingerprint density at radius 2 is 1.25 bits per heavy atom. The van der Waals surface area contributed by atoms with Crippen molar-refractivity contribution in [3.05, 3.63) is 95.6 Å². The molecule has 2 amide bonds. The lowest BCUT2D eigenvalue weighted by Crippen LogP contribution is -2.26. The highest BCUT2D eigenvalue weighted by Crippen LogP contribution is 2.26. The molecule has 0 aromatic heterocycles. The van der Waals surface area contributed by atoms with Crippen LogP contribution < -0.4 is 20.7 Å². The maximum Gasteiger partial charge on any atom is 0.220 e. The first-order chi connectivity index (χ1) is 17.6. The molecule has 0 atom stereocenters. The van der Waals surface area contributed by atoms with E-state index in [9.17, 15) is 9.59 Å². The highest BCUT2D eigenvalue weighted by atomic mass is 16.5. The minimum atomic E-state index is 0.0235. The molecule has 0 unspecified atom stereocenters. The minimum absolute atomic E-state index is 0.0235. The average Bonchev–Trinajstić information content (AvgIpc) is 2.91. The number of methoxy groups -OCH3 is 1. The zero-order valence-corrected chi connectivity index (χ0v) is 21.1. The Hall–Kier alpha value is -3.80. The van der Waals surface area contributed by atoms with E-state index in [1.807, 2.05) is 48.5 Å². The van der Waals surface area contributed by atoms with Gasteiger partial charge in [-0.3, -0.25) is 9.59 Å². The highest BCUT2D eigenvalue weighted by molar-refractivity contribution is 5.77. The smallest absolute Gasteiger partial charge is 0.220 e. The molecule has 0 radical (unpaired) electrons. The molecule has 0 heterocycles. The molecular formula is C30H37N3O3. The van der Waals surface area contributed by atoms with Gasteiger partial charge in [-0.1, -0.05) is 66.7 Å². The van der Waals surface area contributed by atoms with Crippen LogP contribution in [-0.2, 0) is 29.0 Å². The van der Waals surface area contributed by atoms with E-state index >= 15 is 0 Å². The van der Waals surface area contributed by atoms with Gasteiger partial charge in [0.25, 0.3) is 0 Å². The normalized spacial score (nSPS) is 10.5. The van der Waals surface area contributed by atoms with Gasteiger partial charge in [0.05, 0.1) is 12.8 Å². The second-order valence-electron chi connectivity index (χ2n) is 8.77. The minimum Gasteiger partial charge on any atom is -0.495 e. The van der Waals surface area contributed by atoms with Gasteiger partial charge in [-0.25, -0.2) is 0 Å². The van der Waals surface area contributed by atoms with Gasteiger partial charge in [-0.05, 0) is 54.5 Å². The van der Waals surface area contributed by atoms with Crippen LogP contribution >= 0.6 is 0 Å². The van der Waals surface area contributed by atoms with E-state index in [1.165, 1.54) is 11.1 Å². The van der Waals surface area contributed by atoms with Gasteiger partial charge in [0.1, 0.15) is 5.75 Å². The molecule has 6 heteroatoms. The summed E-state index contributed by atoms with van der Waals surface area (Å²) >= 11 is 0. The molecule has 0 saturated heterocycles. The number of benzene rings is 3. The second-order valence-corrected chi connectivity index (χ2v) is 8.77. The molecule has 0 bridgehead atoms. The van der Waals surface area contributed by atoms with Crippen LogP contribution in [0.4, 0.5) is 5.69 Å². The molecule has 3 aromatic rings. The maximum atomic E-state index is 12.2. The summed E-state index contributed by atoms with van der Waals surface area (Å²) in [5, 5.41) is 9.37. The number of unbranched alkanes of at least 4 members (excludes halogenated alkanes) is 1. The third kappa shape index (κ3) is 9.82. The molecular weight excluding hydrogens is 450 g/mol. The van der Waals surface area contributed by atoms with Crippen LogP contribution in [0.1, 0.15) is 42.4 Å². The number of hydrogen-bond donors (Lipinski definition) is 3. The topological polar surface area (TPSA) is 79.5 Å². The molecule has 0 aliphatic carbocycles. The monoisotopic (exact) mass is 487 g/mol. The molecule has 190 valence electrons. The van der Waals surface area contributed by atoms with Crippen molar-refractivity contribution >= 4 is 17.5 Å². The maximum absolute atomic E-state index is 12.2. The number of nitrogens with one attached hydrogen (secondary N) is 3. The van der Waals surface area contributed by atoms with E-state index in [4.69, 9.17) is 4.74 Å². The van der Waals surface area contributed by atoms with Crippen molar-refractivity contribution in [2.45, 2.75) is 45.1 Å². The third-order valence-electron chi connectivity index (χ3n) is 5.96. The Kier molecular flexibility index (Phi) is 11.4. The van der Waals surface area contributed by atoms with Crippen molar-refractivity contribution in [1.82, 2.24) is 10.6 Å². The zero-order valence-electron chi connectivity index (χ0n) is 21.1. The van der Waals surface area contributed by atoms with E-state index in [0.717, 1.165) is 29.8 Å². The molecule has 3 N–H and O–H groups in total. The van der Waals surface area contributed by atoms with E-state index in [0.29, 0.717) is 45.3 Å².